The molecule has 0 bridgehead atoms. The van der Waals surface area contributed by atoms with Crippen LogP contribution >= 0.6 is 23.1 Å². The molecule has 7 atom stereocenters. The van der Waals surface area contributed by atoms with E-state index in [0.717, 1.165) is 34.7 Å². The number of aromatic nitrogens is 2. The van der Waals surface area contributed by atoms with Crippen molar-refractivity contribution in [2.45, 2.75) is 74.8 Å². The van der Waals surface area contributed by atoms with E-state index in [-0.39, 0.29) is 40.5 Å². The van der Waals surface area contributed by atoms with Crippen molar-refractivity contribution in [3.8, 4) is 0 Å². The lowest BCUT2D eigenvalue weighted by Gasteiger charge is -2.60. The first-order chi connectivity index (χ1) is 16.7. The number of fused-ring (bicyclic) bond motifs is 6. The van der Waals surface area contributed by atoms with E-state index in [4.69, 9.17) is 0 Å². The molecule has 3 saturated carbocycles. The molecule has 0 saturated heterocycles. The highest BCUT2D eigenvalue weighted by atomic mass is 32.2. The minimum absolute atomic E-state index is 0.0794. The van der Waals surface area contributed by atoms with Gasteiger partial charge in [0.15, 0.2) is 21.6 Å². The first-order valence-corrected chi connectivity index (χ1v) is 14.5. The molecule has 2 aromatic rings. The molecule has 6 unspecified atom stereocenters. The third kappa shape index (κ3) is 3.43. The fraction of sp³-hybridized carbons (Fsp3) is 0.630. The average molecular weight is 513 g/mol. The Labute approximate surface area is 213 Å². The summed E-state index contributed by atoms with van der Waals surface area (Å²) in [6.07, 6.45) is 7.74. The molecule has 6 nitrogen and oxygen atoms in total. The number of ketones is 2. The summed E-state index contributed by atoms with van der Waals surface area (Å²) in [6.45, 7) is 4.26. The summed E-state index contributed by atoms with van der Waals surface area (Å²) in [5.74, 6) is 0.733. The molecular weight excluding hydrogens is 480 g/mol. The molecular formula is C27H32N2O4S2. The summed E-state index contributed by atoms with van der Waals surface area (Å²) in [6, 6.07) is 3.84. The zero-order valence-corrected chi connectivity index (χ0v) is 21.8. The number of rotatable bonds is 4. The first kappa shape index (κ1) is 23.8. The van der Waals surface area contributed by atoms with Crippen LogP contribution in [0.25, 0.3) is 10.3 Å². The lowest BCUT2D eigenvalue weighted by molar-refractivity contribution is -0.178. The van der Waals surface area contributed by atoms with Gasteiger partial charge in [0.05, 0.1) is 16.6 Å². The van der Waals surface area contributed by atoms with Crippen LogP contribution in [0.3, 0.4) is 0 Å². The number of nitrogens with zero attached hydrogens (tertiary/aromatic N) is 2. The van der Waals surface area contributed by atoms with Crippen LogP contribution in [0.1, 0.15) is 58.8 Å². The Balaban J connectivity index is 1.24. The van der Waals surface area contributed by atoms with Gasteiger partial charge >= 0.3 is 0 Å². The second-order valence-electron chi connectivity index (χ2n) is 11.5. The number of allylic oxidation sites excluding steroid dienone is 1. The predicted octanol–water partition coefficient (Wildman–Crippen LogP) is 4.59. The van der Waals surface area contributed by atoms with E-state index in [1.165, 1.54) is 28.7 Å². The summed E-state index contributed by atoms with van der Waals surface area (Å²) in [4.78, 5) is 34.5. The normalized spacial score (nSPS) is 40.7. The van der Waals surface area contributed by atoms with E-state index in [1.54, 1.807) is 6.20 Å². The zero-order chi connectivity index (χ0) is 24.6. The lowest BCUT2D eigenvalue weighted by atomic mass is 9.45. The highest BCUT2D eigenvalue weighted by molar-refractivity contribution is 8.01. The fourth-order valence-electron chi connectivity index (χ4n) is 8.21. The van der Waals surface area contributed by atoms with Gasteiger partial charge in [0, 0.05) is 18.0 Å². The van der Waals surface area contributed by atoms with Crippen LogP contribution in [0, 0.1) is 28.6 Å². The minimum Gasteiger partial charge on any atom is -0.393 e. The fourth-order valence-corrected chi connectivity index (χ4v) is 10.2. The highest BCUT2D eigenvalue weighted by Gasteiger charge is 2.68. The van der Waals surface area contributed by atoms with Crippen molar-refractivity contribution in [2.75, 3.05) is 5.75 Å². The number of aliphatic hydroxyl groups excluding tert-OH is 1. The number of Topliss-reactive ketones (excluding diaryl/α,β-unsaturated/α-hetero) is 1. The Hall–Kier alpha value is -1.61. The Morgan fingerprint density at radius 1 is 1.26 bits per heavy atom. The van der Waals surface area contributed by atoms with Crippen molar-refractivity contribution < 1.29 is 19.8 Å². The maximum atomic E-state index is 13.6. The third-order valence-electron chi connectivity index (χ3n) is 9.98. The van der Waals surface area contributed by atoms with Crippen LogP contribution in [-0.4, -0.2) is 49.2 Å². The number of carbonyl (C=O) groups is 2. The summed E-state index contributed by atoms with van der Waals surface area (Å²) < 4.78 is 1.77. The molecule has 186 valence electrons. The van der Waals surface area contributed by atoms with Gasteiger partial charge in [-0.15, -0.1) is 11.3 Å². The monoisotopic (exact) mass is 512 g/mol. The Morgan fingerprint density at radius 2 is 2.09 bits per heavy atom. The SMILES string of the molecule is CC12CCC(=O)C=C1CCC1C2C(O)CC2(C)C1CC[C@]2(O)C(=O)CSc1nc2ncccc2s1. The largest absolute Gasteiger partial charge is 0.393 e. The standard InChI is InChI=1S/C27H32N2O4S2/c1-25-9-7-16(30)12-15(25)5-6-17-18-8-10-27(33,26(18,2)13-19(31)22(17)25)21(32)14-34-24-29-23-20(35-24)4-3-11-28-23/h3-4,11-12,17-19,22,31,33H,5-10,13-14H2,1-2H3/t17?,18?,19?,22?,25?,26?,27-/m0/s1. The minimum atomic E-state index is -1.44. The molecule has 2 heterocycles. The van der Waals surface area contributed by atoms with Crippen molar-refractivity contribution in [1.29, 1.82) is 0 Å². The third-order valence-corrected chi connectivity index (χ3v) is 12.1. The van der Waals surface area contributed by atoms with Crippen molar-refractivity contribution >= 4 is 45.0 Å². The molecule has 3 fully saturated rings. The molecule has 0 amide bonds. The number of thiazole rings is 1. The average Bonchev–Trinajstić information content (AvgIpc) is 3.36. The Morgan fingerprint density at radius 3 is 2.89 bits per heavy atom. The number of carbonyl (C=O) groups excluding carboxylic acids is 2. The zero-order valence-electron chi connectivity index (χ0n) is 20.2. The van der Waals surface area contributed by atoms with Gasteiger partial charge in [-0.25, -0.2) is 9.97 Å². The van der Waals surface area contributed by atoms with Crippen LogP contribution in [0.5, 0.6) is 0 Å². The molecule has 2 aromatic heterocycles. The molecule has 0 radical (unpaired) electrons. The second kappa shape index (κ2) is 8.20. The first-order valence-electron chi connectivity index (χ1n) is 12.7. The highest BCUT2D eigenvalue weighted by Crippen LogP contribution is 2.67. The summed E-state index contributed by atoms with van der Waals surface area (Å²) in [5, 5.41) is 23.4. The van der Waals surface area contributed by atoms with Gasteiger partial charge in [-0.05, 0) is 79.9 Å². The van der Waals surface area contributed by atoms with Crippen LogP contribution in [0.2, 0.25) is 0 Å². The van der Waals surface area contributed by atoms with Gasteiger partial charge < -0.3 is 10.2 Å². The lowest BCUT2D eigenvalue weighted by Crippen LogP contribution is -2.61. The Kier molecular flexibility index (Phi) is 5.57. The van der Waals surface area contributed by atoms with E-state index in [9.17, 15) is 19.8 Å². The smallest absolute Gasteiger partial charge is 0.175 e. The van der Waals surface area contributed by atoms with Gasteiger partial charge in [0.2, 0.25) is 0 Å². The van der Waals surface area contributed by atoms with Crippen LogP contribution in [-0.2, 0) is 9.59 Å². The van der Waals surface area contributed by atoms with Crippen molar-refractivity contribution in [1.82, 2.24) is 9.97 Å². The van der Waals surface area contributed by atoms with Crippen LogP contribution in [0.15, 0.2) is 34.3 Å². The van der Waals surface area contributed by atoms with E-state index in [1.807, 2.05) is 25.1 Å². The van der Waals surface area contributed by atoms with Gasteiger partial charge in [-0.1, -0.05) is 31.2 Å². The summed E-state index contributed by atoms with van der Waals surface area (Å²) in [7, 11) is 0. The van der Waals surface area contributed by atoms with E-state index >= 15 is 0 Å². The van der Waals surface area contributed by atoms with Crippen LogP contribution in [0.4, 0.5) is 0 Å². The van der Waals surface area contributed by atoms with E-state index in [0.29, 0.717) is 24.9 Å². The molecule has 2 N–H and O–H groups in total. The molecule has 0 aromatic carbocycles. The van der Waals surface area contributed by atoms with Gasteiger partial charge in [-0.2, -0.15) is 0 Å². The maximum absolute atomic E-state index is 13.6. The molecule has 35 heavy (non-hydrogen) atoms. The second-order valence-corrected chi connectivity index (χ2v) is 13.7. The number of aliphatic hydroxyl groups is 2. The van der Waals surface area contributed by atoms with Crippen molar-refractivity contribution in [3.63, 3.8) is 0 Å². The summed E-state index contributed by atoms with van der Waals surface area (Å²) >= 11 is 2.89. The molecule has 0 aliphatic heterocycles. The van der Waals surface area contributed by atoms with Gasteiger partial charge in [0.1, 0.15) is 5.60 Å². The molecule has 8 heteroatoms. The van der Waals surface area contributed by atoms with Crippen LogP contribution < -0.4 is 0 Å². The van der Waals surface area contributed by atoms with Gasteiger partial charge in [-0.3, -0.25) is 9.59 Å². The predicted molar refractivity (Wildman–Crippen MR) is 136 cm³/mol. The number of hydrogen-bond acceptors (Lipinski definition) is 8. The molecule has 4 aliphatic rings. The van der Waals surface area contributed by atoms with Crippen molar-refractivity contribution in [2.24, 2.45) is 28.6 Å². The number of hydrogen-bond donors (Lipinski definition) is 2. The van der Waals surface area contributed by atoms with E-state index in [2.05, 4.69) is 16.9 Å². The number of pyridine rings is 1. The topological polar surface area (TPSA) is 100 Å². The van der Waals surface area contributed by atoms with Gasteiger partial charge in [0.25, 0.3) is 0 Å². The molecule has 0 spiro atoms. The quantitative estimate of drug-likeness (QED) is 0.578. The molecule has 4 aliphatic carbocycles. The maximum Gasteiger partial charge on any atom is 0.175 e. The Bertz CT molecular complexity index is 1210. The van der Waals surface area contributed by atoms with Crippen molar-refractivity contribution in [3.05, 3.63) is 30.0 Å². The van der Waals surface area contributed by atoms with E-state index < -0.39 is 17.1 Å². The molecule has 6 rings (SSSR count). The number of thioether (sulfide) groups is 1. The summed E-state index contributed by atoms with van der Waals surface area (Å²) in [5.41, 5.74) is -0.375.